The van der Waals surface area contributed by atoms with Crippen LogP contribution in [-0.2, 0) is 32.7 Å². The second-order valence-electron chi connectivity index (χ2n) is 2.92. The van der Waals surface area contributed by atoms with E-state index in [1.165, 1.54) is 0 Å². The maximum absolute atomic E-state index is 5.85. The van der Waals surface area contributed by atoms with Crippen LogP contribution in [-0.4, -0.2) is 4.57 Å². The van der Waals surface area contributed by atoms with Gasteiger partial charge >= 0.3 is 0 Å². The number of nitrogen functional groups attached to an aromatic ring is 1. The maximum atomic E-state index is 5.85. The number of hydrogen-bond acceptors (Lipinski definition) is 1. The zero-order valence-electron chi connectivity index (χ0n) is 8.60. The summed E-state index contributed by atoms with van der Waals surface area (Å²) in [5.74, 6) is 0.763. The zero-order chi connectivity index (χ0) is 9.30. The van der Waals surface area contributed by atoms with Crippen LogP contribution in [0.1, 0.15) is 25.0 Å². The molecule has 3 heteroatoms. The molecule has 0 atom stereocenters. The first-order valence-corrected chi connectivity index (χ1v) is 3.96. The molecule has 0 saturated carbocycles. The van der Waals surface area contributed by atoms with E-state index in [0.29, 0.717) is 0 Å². The summed E-state index contributed by atoms with van der Waals surface area (Å²) in [7, 11) is 0. The quantitative estimate of drug-likeness (QED) is 0.762. The molecule has 0 aliphatic heterocycles. The largest absolute Gasteiger partial charge is 0.533 e. The molecular weight excluding hydrogens is 237 g/mol. The minimum absolute atomic E-state index is 0. The van der Waals surface area contributed by atoms with E-state index in [2.05, 4.69) is 12.3 Å². The molecule has 1 rings (SSSR count). The number of allylic oxidation sites excluding steroid dienone is 2. The summed E-state index contributed by atoms with van der Waals surface area (Å²) in [5.41, 5.74) is 9.04. The molecule has 2 N–H and O–H groups in total. The first-order chi connectivity index (χ1) is 5.57. The molecule has 13 heavy (non-hydrogen) atoms. The second-order valence-corrected chi connectivity index (χ2v) is 2.92. The number of aryl methyl sites for hydroxylation is 1. The van der Waals surface area contributed by atoms with E-state index in [9.17, 15) is 0 Å². The SMILES string of the molecule is C[C-]=C(C)n1[c-]c(C)c(C)c1N.[Y]. The van der Waals surface area contributed by atoms with Crippen LogP contribution in [0, 0.1) is 26.1 Å². The predicted octanol–water partition coefficient (Wildman–Crippen LogP) is 2.17. The zero-order valence-corrected chi connectivity index (χ0v) is 11.4. The van der Waals surface area contributed by atoms with Crippen molar-refractivity contribution in [1.29, 1.82) is 0 Å². The van der Waals surface area contributed by atoms with Crippen molar-refractivity contribution in [3.05, 3.63) is 23.4 Å². The monoisotopic (exact) mass is 251 g/mol. The molecule has 1 aromatic rings. The van der Waals surface area contributed by atoms with Gasteiger partial charge in [0.25, 0.3) is 0 Å². The van der Waals surface area contributed by atoms with Gasteiger partial charge in [-0.1, -0.05) is 27.0 Å². The fourth-order valence-electron chi connectivity index (χ4n) is 1.05. The van der Waals surface area contributed by atoms with Crippen LogP contribution in [0.15, 0.2) is 0 Å². The van der Waals surface area contributed by atoms with Gasteiger partial charge < -0.3 is 16.4 Å². The van der Waals surface area contributed by atoms with Crippen LogP contribution >= 0.6 is 0 Å². The third-order valence-corrected chi connectivity index (χ3v) is 2.16. The molecule has 0 amide bonds. The van der Waals surface area contributed by atoms with Crippen molar-refractivity contribution >= 4 is 11.5 Å². The molecule has 1 aromatic heterocycles. The van der Waals surface area contributed by atoms with Gasteiger partial charge in [0.15, 0.2) is 0 Å². The molecular formula is C10H14N2Y-2. The standard InChI is InChI=1S/C10H14N2.Y/c1-5-8(3)12-6-7(2)9(4)10(12)11;/h11H2,1-4H3;/q-2;. The molecule has 0 aromatic carbocycles. The van der Waals surface area contributed by atoms with Crippen molar-refractivity contribution in [2.75, 3.05) is 5.73 Å². The summed E-state index contributed by atoms with van der Waals surface area (Å²) < 4.78 is 1.84. The molecule has 0 aliphatic rings. The Morgan fingerprint density at radius 3 is 2.31 bits per heavy atom. The third-order valence-electron chi connectivity index (χ3n) is 2.16. The summed E-state index contributed by atoms with van der Waals surface area (Å²) in [5, 5.41) is 0. The van der Waals surface area contributed by atoms with Crippen LogP contribution in [0.3, 0.4) is 0 Å². The molecule has 0 fully saturated rings. The predicted molar refractivity (Wildman–Crippen MR) is 51.4 cm³/mol. The molecule has 1 radical (unpaired) electrons. The van der Waals surface area contributed by atoms with Gasteiger partial charge in [0, 0.05) is 32.7 Å². The summed E-state index contributed by atoms with van der Waals surface area (Å²) >= 11 is 0. The third kappa shape index (κ3) is 2.44. The van der Waals surface area contributed by atoms with E-state index >= 15 is 0 Å². The van der Waals surface area contributed by atoms with Crippen molar-refractivity contribution in [1.82, 2.24) is 4.57 Å². The number of hydrogen-bond donors (Lipinski definition) is 1. The van der Waals surface area contributed by atoms with E-state index in [4.69, 9.17) is 5.73 Å². The van der Waals surface area contributed by atoms with Crippen LogP contribution in [0.4, 0.5) is 5.82 Å². The van der Waals surface area contributed by atoms with Crippen molar-refractivity contribution < 1.29 is 32.7 Å². The fraction of sp³-hybridized carbons (Fsp3) is 0.400. The van der Waals surface area contributed by atoms with Gasteiger partial charge in [-0.25, -0.2) is 12.6 Å². The molecule has 0 bridgehead atoms. The average Bonchev–Trinajstić information content (AvgIpc) is 2.32. The molecule has 0 saturated heterocycles. The van der Waals surface area contributed by atoms with Gasteiger partial charge in [-0.15, -0.1) is 11.1 Å². The second kappa shape index (κ2) is 4.97. The van der Waals surface area contributed by atoms with Crippen LogP contribution in [0.2, 0.25) is 0 Å². The maximum Gasteiger partial charge on any atom is 0 e. The number of nitrogens with zero attached hydrogens (tertiary/aromatic N) is 1. The van der Waals surface area contributed by atoms with E-state index in [1.54, 1.807) is 0 Å². The van der Waals surface area contributed by atoms with Gasteiger partial charge in [0.2, 0.25) is 0 Å². The molecule has 0 unspecified atom stereocenters. The molecule has 0 spiro atoms. The average molecular weight is 251 g/mol. The molecule has 0 aliphatic carbocycles. The summed E-state index contributed by atoms with van der Waals surface area (Å²) in [4.78, 5) is 0. The van der Waals surface area contributed by atoms with E-state index < -0.39 is 0 Å². The van der Waals surface area contributed by atoms with Gasteiger partial charge in [-0.05, 0) is 5.82 Å². The summed E-state index contributed by atoms with van der Waals surface area (Å²) in [6, 6.07) is 0. The number of aromatic nitrogens is 1. The van der Waals surface area contributed by atoms with E-state index in [-0.39, 0.29) is 32.7 Å². The summed E-state index contributed by atoms with van der Waals surface area (Å²) in [6.07, 6.45) is 6.19. The molecule has 69 valence electrons. The molecule has 2 nitrogen and oxygen atoms in total. The molecule has 1 heterocycles. The van der Waals surface area contributed by atoms with Gasteiger partial charge in [-0.3, -0.25) is 0 Å². The smallest absolute Gasteiger partial charge is 0 e. The van der Waals surface area contributed by atoms with E-state index in [1.807, 2.05) is 32.3 Å². The first-order valence-electron chi connectivity index (χ1n) is 3.96. The first kappa shape index (κ1) is 12.9. The normalized spacial score (nSPS) is 11.2. The van der Waals surface area contributed by atoms with Crippen molar-refractivity contribution in [2.45, 2.75) is 27.7 Å². The minimum Gasteiger partial charge on any atom is -0.533 e. The fourth-order valence-corrected chi connectivity index (χ4v) is 1.05. The Morgan fingerprint density at radius 1 is 1.46 bits per heavy atom. The van der Waals surface area contributed by atoms with Crippen molar-refractivity contribution in [3.63, 3.8) is 0 Å². The Hall–Kier alpha value is -0.0761. The number of nitrogens with two attached hydrogens (primary N) is 1. The van der Waals surface area contributed by atoms with Crippen LogP contribution < -0.4 is 5.73 Å². The Labute approximate surface area is 105 Å². The summed E-state index contributed by atoms with van der Waals surface area (Å²) in [6.45, 7) is 7.84. The Kier molecular flexibility index (Phi) is 4.94. The van der Waals surface area contributed by atoms with Crippen molar-refractivity contribution in [2.24, 2.45) is 0 Å². The topological polar surface area (TPSA) is 30.9 Å². The van der Waals surface area contributed by atoms with Gasteiger partial charge in [0.05, 0.1) is 0 Å². The Balaban J connectivity index is 0.00000144. The van der Waals surface area contributed by atoms with Crippen molar-refractivity contribution in [3.8, 4) is 0 Å². The number of anilines is 1. The number of rotatable bonds is 1. The van der Waals surface area contributed by atoms with Gasteiger partial charge in [-0.2, -0.15) is 0 Å². The van der Waals surface area contributed by atoms with Crippen LogP contribution in [0.25, 0.3) is 5.70 Å². The Morgan fingerprint density at radius 2 is 2.00 bits per heavy atom. The van der Waals surface area contributed by atoms with E-state index in [0.717, 1.165) is 22.6 Å². The van der Waals surface area contributed by atoms with Gasteiger partial charge in [0.1, 0.15) is 0 Å². The van der Waals surface area contributed by atoms with Crippen LogP contribution in [0.5, 0.6) is 0 Å². The Bertz CT molecular complexity index is 324. The minimum atomic E-state index is 0.